The van der Waals surface area contributed by atoms with E-state index in [1.54, 1.807) is 12.3 Å². The minimum absolute atomic E-state index is 0.230. The van der Waals surface area contributed by atoms with Crippen molar-refractivity contribution in [3.8, 4) is 0 Å². The number of amides is 1. The normalized spacial score (nSPS) is 11.8. The van der Waals surface area contributed by atoms with Crippen LogP contribution >= 0.6 is 0 Å². The number of nitrogens with one attached hydrogen (secondary N) is 1. The molecule has 0 bridgehead atoms. The lowest BCUT2D eigenvalue weighted by Gasteiger charge is -2.13. The van der Waals surface area contributed by atoms with Crippen LogP contribution in [0.1, 0.15) is 0 Å². The molecule has 0 atom stereocenters. The average molecular weight is 293 g/mol. The van der Waals surface area contributed by atoms with E-state index in [0.29, 0.717) is 5.69 Å². The molecule has 6 nitrogen and oxygen atoms in total. The number of aromatic nitrogens is 1. The molecule has 2 aromatic rings. The van der Waals surface area contributed by atoms with Crippen molar-refractivity contribution < 1.29 is 13.2 Å². The van der Waals surface area contributed by atoms with E-state index in [1.165, 1.54) is 7.05 Å². The summed E-state index contributed by atoms with van der Waals surface area (Å²) in [6.45, 7) is -0.230. The van der Waals surface area contributed by atoms with Crippen LogP contribution in [0.5, 0.6) is 0 Å². The zero-order chi connectivity index (χ0) is 14.8. The van der Waals surface area contributed by atoms with E-state index in [9.17, 15) is 13.2 Å². The number of benzene rings is 1. The first-order valence-electron chi connectivity index (χ1n) is 5.92. The molecule has 1 amide bonds. The predicted octanol–water partition coefficient (Wildman–Crippen LogP) is 1.06. The Hall–Kier alpha value is -1.99. The van der Waals surface area contributed by atoms with Gasteiger partial charge in [-0.25, -0.2) is 8.42 Å². The topological polar surface area (TPSA) is 79.4 Å². The predicted molar refractivity (Wildman–Crippen MR) is 77.8 cm³/mol. The second-order valence-electron chi connectivity index (χ2n) is 4.48. The fourth-order valence-electron chi connectivity index (χ4n) is 1.66. The highest BCUT2D eigenvalue weighted by molar-refractivity contribution is 7.88. The van der Waals surface area contributed by atoms with Crippen LogP contribution in [-0.4, -0.2) is 43.5 Å². The maximum absolute atomic E-state index is 11.8. The lowest BCUT2D eigenvalue weighted by atomic mass is 10.2. The van der Waals surface area contributed by atoms with Crippen LogP contribution in [-0.2, 0) is 14.8 Å². The quantitative estimate of drug-likeness (QED) is 0.914. The summed E-state index contributed by atoms with van der Waals surface area (Å²) in [4.78, 5) is 16.0. The lowest BCUT2D eigenvalue weighted by Crippen LogP contribution is -2.34. The molecule has 0 aliphatic carbocycles. The zero-order valence-corrected chi connectivity index (χ0v) is 12.0. The minimum atomic E-state index is -3.37. The Morgan fingerprint density at radius 3 is 2.75 bits per heavy atom. The smallest absolute Gasteiger partial charge is 0.239 e. The Kier molecular flexibility index (Phi) is 4.01. The summed E-state index contributed by atoms with van der Waals surface area (Å²) in [5.41, 5.74) is 1.37. The summed E-state index contributed by atoms with van der Waals surface area (Å²) in [6, 6.07) is 9.32. The monoisotopic (exact) mass is 293 g/mol. The van der Waals surface area contributed by atoms with Gasteiger partial charge < -0.3 is 5.32 Å². The van der Waals surface area contributed by atoms with E-state index in [-0.39, 0.29) is 6.54 Å². The van der Waals surface area contributed by atoms with E-state index in [2.05, 4.69) is 10.3 Å². The standard InChI is InChI=1S/C13H15N3O3S/c1-16(20(2,18)19)9-13(17)15-11-7-10-5-3-4-6-12(10)14-8-11/h3-8H,9H2,1-2H3,(H,15,17). The molecule has 2 rings (SSSR count). The molecular formula is C13H15N3O3S. The molecule has 1 heterocycles. The maximum atomic E-state index is 11.8. The maximum Gasteiger partial charge on any atom is 0.239 e. The van der Waals surface area contributed by atoms with Crippen molar-refractivity contribution in [2.24, 2.45) is 0 Å². The van der Waals surface area contributed by atoms with Crippen LogP contribution in [0.4, 0.5) is 5.69 Å². The van der Waals surface area contributed by atoms with Crippen LogP contribution in [0.25, 0.3) is 10.9 Å². The molecule has 0 aliphatic rings. The molecule has 1 N–H and O–H groups in total. The molecule has 7 heteroatoms. The van der Waals surface area contributed by atoms with Gasteiger partial charge in [-0.3, -0.25) is 9.78 Å². The summed E-state index contributed by atoms with van der Waals surface area (Å²) in [5, 5.41) is 3.53. The van der Waals surface area contributed by atoms with E-state index < -0.39 is 15.9 Å². The molecule has 0 saturated heterocycles. The number of para-hydroxylation sites is 1. The van der Waals surface area contributed by atoms with Gasteiger partial charge in [-0.1, -0.05) is 18.2 Å². The minimum Gasteiger partial charge on any atom is -0.324 e. The molecule has 0 radical (unpaired) electrons. The number of fused-ring (bicyclic) bond motifs is 1. The van der Waals surface area contributed by atoms with Crippen molar-refractivity contribution in [3.05, 3.63) is 36.5 Å². The zero-order valence-electron chi connectivity index (χ0n) is 11.2. The highest BCUT2D eigenvalue weighted by Crippen LogP contribution is 2.15. The largest absolute Gasteiger partial charge is 0.324 e. The van der Waals surface area contributed by atoms with Gasteiger partial charge in [0.1, 0.15) is 0 Å². The number of hydrogen-bond acceptors (Lipinski definition) is 4. The van der Waals surface area contributed by atoms with Crippen molar-refractivity contribution >= 4 is 32.5 Å². The molecule has 0 fully saturated rings. The Morgan fingerprint density at radius 1 is 1.35 bits per heavy atom. The van der Waals surface area contributed by atoms with E-state index in [4.69, 9.17) is 0 Å². The van der Waals surface area contributed by atoms with Gasteiger partial charge >= 0.3 is 0 Å². The number of hydrogen-bond donors (Lipinski definition) is 1. The summed E-state index contributed by atoms with van der Waals surface area (Å²) in [6.07, 6.45) is 2.60. The summed E-state index contributed by atoms with van der Waals surface area (Å²) in [7, 11) is -2.01. The van der Waals surface area contributed by atoms with Gasteiger partial charge in [0.25, 0.3) is 0 Å². The van der Waals surface area contributed by atoms with Crippen LogP contribution < -0.4 is 5.32 Å². The molecule has 1 aromatic heterocycles. The van der Waals surface area contributed by atoms with Crippen molar-refractivity contribution in [2.75, 3.05) is 25.2 Å². The lowest BCUT2D eigenvalue weighted by molar-refractivity contribution is -0.116. The number of pyridine rings is 1. The van der Waals surface area contributed by atoms with Gasteiger partial charge in [0.2, 0.25) is 15.9 Å². The second kappa shape index (κ2) is 5.56. The van der Waals surface area contributed by atoms with Crippen LogP contribution in [0.15, 0.2) is 36.5 Å². The highest BCUT2D eigenvalue weighted by Gasteiger charge is 2.15. The Morgan fingerprint density at radius 2 is 2.05 bits per heavy atom. The summed E-state index contributed by atoms with van der Waals surface area (Å²) in [5.74, 6) is -0.407. The third-order valence-corrected chi connectivity index (χ3v) is 4.07. The third-order valence-electron chi connectivity index (χ3n) is 2.81. The van der Waals surface area contributed by atoms with E-state index >= 15 is 0 Å². The van der Waals surface area contributed by atoms with Gasteiger partial charge in [0.05, 0.1) is 30.2 Å². The Labute approximate surface area is 117 Å². The number of carbonyl (C=O) groups excluding carboxylic acids is 1. The van der Waals surface area contributed by atoms with Crippen LogP contribution in [0.2, 0.25) is 0 Å². The first kappa shape index (κ1) is 14.4. The summed E-state index contributed by atoms with van der Waals surface area (Å²) >= 11 is 0. The van der Waals surface area contributed by atoms with E-state index in [1.807, 2.05) is 24.3 Å². The summed E-state index contributed by atoms with van der Waals surface area (Å²) < 4.78 is 23.4. The molecule has 0 spiro atoms. The number of carbonyl (C=O) groups is 1. The van der Waals surface area contributed by atoms with Crippen molar-refractivity contribution in [2.45, 2.75) is 0 Å². The van der Waals surface area contributed by atoms with Crippen LogP contribution in [0.3, 0.4) is 0 Å². The third kappa shape index (κ3) is 3.52. The number of likely N-dealkylation sites (N-methyl/N-ethyl adjacent to an activating group) is 1. The SMILES string of the molecule is CN(CC(=O)Nc1cnc2ccccc2c1)S(C)(=O)=O. The van der Waals surface area contributed by atoms with Gasteiger partial charge in [0.15, 0.2) is 0 Å². The van der Waals surface area contributed by atoms with Crippen LogP contribution in [0, 0.1) is 0 Å². The van der Waals surface area contributed by atoms with Gasteiger partial charge in [-0.05, 0) is 12.1 Å². The Bertz CT molecular complexity index is 743. The van der Waals surface area contributed by atoms with Gasteiger partial charge in [-0.15, -0.1) is 0 Å². The highest BCUT2D eigenvalue weighted by atomic mass is 32.2. The number of nitrogens with zero attached hydrogens (tertiary/aromatic N) is 2. The second-order valence-corrected chi connectivity index (χ2v) is 6.57. The molecular weight excluding hydrogens is 278 g/mol. The molecule has 106 valence electrons. The fourth-order valence-corrected chi connectivity index (χ4v) is 2.01. The Balaban J connectivity index is 2.10. The number of rotatable bonds is 4. The van der Waals surface area contributed by atoms with Crippen molar-refractivity contribution in [1.82, 2.24) is 9.29 Å². The molecule has 1 aromatic carbocycles. The number of sulfonamides is 1. The fraction of sp³-hybridized carbons (Fsp3) is 0.231. The van der Waals surface area contributed by atoms with Gasteiger partial charge in [-0.2, -0.15) is 4.31 Å². The molecule has 20 heavy (non-hydrogen) atoms. The first-order chi connectivity index (χ1) is 9.36. The van der Waals surface area contributed by atoms with Gasteiger partial charge in [0, 0.05) is 12.4 Å². The number of anilines is 1. The van der Waals surface area contributed by atoms with Crippen molar-refractivity contribution in [3.63, 3.8) is 0 Å². The van der Waals surface area contributed by atoms with Crippen molar-refractivity contribution in [1.29, 1.82) is 0 Å². The average Bonchev–Trinajstić information content (AvgIpc) is 2.37. The van der Waals surface area contributed by atoms with E-state index in [0.717, 1.165) is 21.5 Å². The molecule has 0 aliphatic heterocycles. The molecule has 0 saturated carbocycles. The molecule has 0 unspecified atom stereocenters. The first-order valence-corrected chi connectivity index (χ1v) is 7.77.